The van der Waals surface area contributed by atoms with E-state index in [0.29, 0.717) is 5.57 Å². The number of aliphatic hydroxyl groups is 1. The van der Waals surface area contributed by atoms with Crippen molar-refractivity contribution in [2.75, 3.05) is 6.61 Å². The van der Waals surface area contributed by atoms with E-state index in [1.807, 2.05) is 13.8 Å². The third-order valence-electron chi connectivity index (χ3n) is 8.54. The van der Waals surface area contributed by atoms with E-state index in [1.54, 1.807) is 6.92 Å². The molecule has 2 aliphatic carbocycles. The van der Waals surface area contributed by atoms with Crippen LogP contribution in [0, 0.1) is 23.2 Å². The third kappa shape index (κ3) is 6.82. The first-order valence-corrected chi connectivity index (χ1v) is 14.7. The first kappa shape index (κ1) is 34.3. The van der Waals surface area contributed by atoms with Gasteiger partial charge in [0.05, 0.1) is 16.7 Å². The van der Waals surface area contributed by atoms with E-state index in [-0.39, 0.29) is 30.8 Å². The number of carbonyl (C=O) groups excluding carboxylic acids is 5. The summed E-state index contributed by atoms with van der Waals surface area (Å²) in [5.74, 6) is -5.91. The van der Waals surface area contributed by atoms with E-state index in [2.05, 4.69) is 13.2 Å². The number of esters is 5. The van der Waals surface area contributed by atoms with Gasteiger partial charge in [-0.25, -0.2) is 4.79 Å². The second-order valence-electron chi connectivity index (χ2n) is 12.1. The summed E-state index contributed by atoms with van der Waals surface area (Å²) in [7, 11) is 0. The van der Waals surface area contributed by atoms with E-state index in [1.165, 1.54) is 26.0 Å². The van der Waals surface area contributed by atoms with Crippen LogP contribution >= 0.6 is 11.6 Å². The first-order chi connectivity index (χ1) is 19.9. The summed E-state index contributed by atoms with van der Waals surface area (Å²) in [6.45, 7) is 16.6. The fourth-order valence-electron chi connectivity index (χ4n) is 6.36. The zero-order valence-electron chi connectivity index (χ0n) is 25.4. The van der Waals surface area contributed by atoms with Crippen LogP contribution in [-0.2, 0) is 47.7 Å². The van der Waals surface area contributed by atoms with Crippen LogP contribution in [0.15, 0.2) is 36.5 Å². The number of carbonyl (C=O) groups is 5. The van der Waals surface area contributed by atoms with Gasteiger partial charge in [-0.3, -0.25) is 19.2 Å². The lowest BCUT2D eigenvalue weighted by atomic mass is 9.55. The highest BCUT2D eigenvalue weighted by molar-refractivity contribution is 6.23. The number of alkyl halides is 1. The Bertz CT molecular complexity index is 1210. The predicted molar refractivity (Wildman–Crippen MR) is 153 cm³/mol. The van der Waals surface area contributed by atoms with Crippen molar-refractivity contribution in [1.82, 2.24) is 0 Å². The molecule has 0 unspecified atom stereocenters. The summed E-state index contributed by atoms with van der Waals surface area (Å²) in [6.07, 6.45) is -1.48. The van der Waals surface area contributed by atoms with Gasteiger partial charge in [0, 0.05) is 26.2 Å². The average molecular weight is 625 g/mol. The minimum Gasteiger partial charge on any atom is -0.462 e. The van der Waals surface area contributed by atoms with Crippen molar-refractivity contribution in [3.63, 3.8) is 0 Å². The number of hydrogen-bond donors (Lipinski definition) is 1. The maximum Gasteiger partial charge on any atom is 0.344 e. The second-order valence-corrected chi connectivity index (χ2v) is 12.6. The van der Waals surface area contributed by atoms with Crippen molar-refractivity contribution in [3.05, 3.63) is 36.5 Å². The van der Waals surface area contributed by atoms with Gasteiger partial charge in [-0.15, -0.1) is 11.6 Å². The lowest BCUT2D eigenvalue weighted by molar-refractivity contribution is -0.218. The van der Waals surface area contributed by atoms with E-state index in [9.17, 15) is 29.1 Å². The molecule has 12 heteroatoms. The van der Waals surface area contributed by atoms with E-state index in [0.717, 1.165) is 6.92 Å². The molecule has 1 saturated heterocycles. The van der Waals surface area contributed by atoms with E-state index >= 15 is 0 Å². The van der Waals surface area contributed by atoms with Gasteiger partial charge in [-0.05, 0) is 37.3 Å². The molecule has 1 aliphatic heterocycles. The molecule has 3 aliphatic rings. The van der Waals surface area contributed by atoms with Gasteiger partial charge in [0.25, 0.3) is 0 Å². The third-order valence-corrected chi connectivity index (χ3v) is 9.05. The zero-order valence-corrected chi connectivity index (χ0v) is 26.2. The normalized spacial score (nSPS) is 36.5. The molecule has 0 radical (unpaired) electrons. The minimum absolute atomic E-state index is 0.0124. The molecule has 238 valence electrons. The van der Waals surface area contributed by atoms with Gasteiger partial charge < -0.3 is 28.8 Å². The van der Waals surface area contributed by atoms with Crippen LogP contribution in [0.5, 0.6) is 0 Å². The number of rotatable bonds is 7. The lowest BCUT2D eigenvalue weighted by Crippen LogP contribution is -2.66. The number of hydrogen-bond acceptors (Lipinski definition) is 11. The summed E-state index contributed by atoms with van der Waals surface area (Å²) >= 11 is 6.73. The summed E-state index contributed by atoms with van der Waals surface area (Å²) in [5.41, 5.74) is -2.96. The van der Waals surface area contributed by atoms with Gasteiger partial charge in [0.2, 0.25) is 0 Å². The largest absolute Gasteiger partial charge is 0.462 e. The SMILES string of the molecule is C=C1CC[C@H](OC(C)=O)[C@]2(C)[C@@H](OC(=O)COC(=O)CC(C)C)/C=C\C(=C)[C@H](Cl)[C@@H]3OC(=O)[C@H](C)[C@@]3(O)[C@@H](OC(C)=O)[C@@H]12. The van der Waals surface area contributed by atoms with Gasteiger partial charge >= 0.3 is 29.8 Å². The van der Waals surface area contributed by atoms with Crippen LogP contribution in [0.1, 0.15) is 60.8 Å². The Labute approximate surface area is 256 Å². The molecular weight excluding hydrogens is 584 g/mol. The molecule has 0 aromatic heterocycles. The molecule has 1 N–H and O–H groups in total. The smallest absolute Gasteiger partial charge is 0.344 e. The fraction of sp³-hybridized carbons (Fsp3) is 0.645. The molecule has 0 spiro atoms. The van der Waals surface area contributed by atoms with E-state index in [4.69, 9.17) is 35.3 Å². The van der Waals surface area contributed by atoms with Crippen molar-refractivity contribution in [2.24, 2.45) is 23.2 Å². The number of allylic oxidation sites excluding steroid dienone is 1. The molecule has 1 saturated carbocycles. The van der Waals surface area contributed by atoms with Gasteiger partial charge in [-0.2, -0.15) is 0 Å². The number of ether oxygens (including phenoxy) is 5. The zero-order chi connectivity index (χ0) is 32.4. The fourth-order valence-corrected chi connectivity index (χ4v) is 6.68. The van der Waals surface area contributed by atoms with Gasteiger partial charge in [-0.1, -0.05) is 45.6 Å². The highest BCUT2D eigenvalue weighted by Gasteiger charge is 2.69. The van der Waals surface area contributed by atoms with Crippen molar-refractivity contribution >= 4 is 41.4 Å². The minimum atomic E-state index is -2.20. The Kier molecular flexibility index (Phi) is 10.5. The van der Waals surface area contributed by atoms with Crippen LogP contribution in [-0.4, -0.2) is 77.0 Å². The maximum absolute atomic E-state index is 13.1. The molecule has 11 nitrogen and oxygen atoms in total. The topological polar surface area (TPSA) is 152 Å². The van der Waals surface area contributed by atoms with Crippen molar-refractivity contribution in [2.45, 2.75) is 96.2 Å². The van der Waals surface area contributed by atoms with Crippen molar-refractivity contribution in [1.29, 1.82) is 0 Å². The van der Waals surface area contributed by atoms with Crippen molar-refractivity contribution < 1.29 is 52.8 Å². The molecule has 0 aromatic rings. The van der Waals surface area contributed by atoms with Crippen LogP contribution in [0.2, 0.25) is 0 Å². The summed E-state index contributed by atoms with van der Waals surface area (Å²) in [4.78, 5) is 63.1. The summed E-state index contributed by atoms with van der Waals surface area (Å²) in [5, 5.41) is 11.2. The Balaban J connectivity index is 2.23. The second kappa shape index (κ2) is 13.2. The monoisotopic (exact) mass is 624 g/mol. The lowest BCUT2D eigenvalue weighted by Gasteiger charge is -2.55. The molecule has 9 atom stereocenters. The Morgan fingerprint density at radius 1 is 1.12 bits per heavy atom. The Hall–Kier alpha value is -3.18. The van der Waals surface area contributed by atoms with E-state index < -0.39 is 89.1 Å². The molecule has 43 heavy (non-hydrogen) atoms. The molecule has 3 rings (SSSR count). The molecule has 0 amide bonds. The Morgan fingerprint density at radius 3 is 2.33 bits per heavy atom. The van der Waals surface area contributed by atoms with Crippen LogP contribution < -0.4 is 0 Å². The van der Waals surface area contributed by atoms with Crippen LogP contribution in [0.25, 0.3) is 0 Å². The number of fused-ring (bicyclic) bond motifs is 2. The number of halogens is 1. The highest BCUT2D eigenvalue weighted by Crippen LogP contribution is 2.56. The molecule has 1 heterocycles. The summed E-state index contributed by atoms with van der Waals surface area (Å²) in [6, 6.07) is 0. The standard InChI is InChI=1S/C31H41ClO11/c1-15(2)13-23(35)39-14-24(36)42-22-12-10-17(4)26(32)28-31(38,18(5)29(37)43-28)27(41-20(7)34)25-16(3)9-11-21(30(22,25)8)40-19(6)33/h10,12,15,18,21-22,25-28,38H,3-4,9,11,13-14H2,1-2,5-8H3/b12-10-/t18-,21-,22-,25+,26-,27-,28-,30+,31+/m0/s1. The van der Waals surface area contributed by atoms with Crippen LogP contribution in [0.3, 0.4) is 0 Å². The molecule has 0 aromatic carbocycles. The predicted octanol–water partition coefficient (Wildman–Crippen LogP) is 3.35. The van der Waals surface area contributed by atoms with Gasteiger partial charge in [0.15, 0.2) is 18.3 Å². The molecule has 2 fully saturated rings. The first-order valence-electron chi connectivity index (χ1n) is 14.3. The molecule has 0 bridgehead atoms. The average Bonchev–Trinajstić information content (AvgIpc) is 3.13. The Morgan fingerprint density at radius 2 is 1.74 bits per heavy atom. The quantitative estimate of drug-likeness (QED) is 0.192. The van der Waals surface area contributed by atoms with Crippen LogP contribution in [0.4, 0.5) is 0 Å². The molecular formula is C31H41ClO11. The highest BCUT2D eigenvalue weighted by atomic mass is 35.5. The van der Waals surface area contributed by atoms with Gasteiger partial charge in [0.1, 0.15) is 18.3 Å². The van der Waals surface area contributed by atoms with Crippen molar-refractivity contribution in [3.8, 4) is 0 Å². The summed E-state index contributed by atoms with van der Waals surface area (Å²) < 4.78 is 28.2. The maximum atomic E-state index is 13.1.